The third-order valence-electron chi connectivity index (χ3n) is 4.39. The van der Waals surface area contributed by atoms with E-state index < -0.39 is 23.1 Å². The van der Waals surface area contributed by atoms with Gasteiger partial charge in [0.15, 0.2) is 0 Å². The van der Waals surface area contributed by atoms with Crippen molar-refractivity contribution < 1.29 is 13.6 Å². The van der Waals surface area contributed by atoms with Crippen LogP contribution in [0.1, 0.15) is 27.0 Å². The molecule has 2 N–H and O–H groups in total. The Morgan fingerprint density at radius 3 is 2.42 bits per heavy atom. The van der Waals surface area contributed by atoms with Crippen molar-refractivity contribution in [2.45, 2.75) is 20.3 Å². The van der Waals surface area contributed by atoms with E-state index in [1.54, 1.807) is 6.07 Å². The van der Waals surface area contributed by atoms with E-state index in [1.807, 2.05) is 26.0 Å². The van der Waals surface area contributed by atoms with Gasteiger partial charge in [0.2, 0.25) is 0 Å². The van der Waals surface area contributed by atoms with Crippen molar-refractivity contribution >= 4 is 16.8 Å². The largest absolute Gasteiger partial charge is 0.352 e. The molecule has 2 aromatic carbocycles. The minimum absolute atomic E-state index is 0.0893. The summed E-state index contributed by atoms with van der Waals surface area (Å²) >= 11 is 0. The SMILES string of the molecule is Cc1ccc(C)c2[nH]c(=O)c(CCNC(=O)c3c(F)cccc3F)cc12. The van der Waals surface area contributed by atoms with Crippen molar-refractivity contribution in [1.29, 1.82) is 0 Å². The van der Waals surface area contributed by atoms with E-state index >= 15 is 0 Å². The molecule has 1 heterocycles. The summed E-state index contributed by atoms with van der Waals surface area (Å²) in [5.74, 6) is -2.68. The molecule has 1 amide bonds. The number of benzene rings is 2. The Labute approximate surface area is 148 Å². The lowest BCUT2D eigenvalue weighted by atomic mass is 10.0. The standard InChI is InChI=1S/C20H18F2N2O2/c1-11-6-7-12(2)18-14(11)10-13(19(25)24-18)8-9-23-20(26)17-15(21)4-3-5-16(17)22/h3-7,10H,8-9H2,1-2H3,(H,23,26)(H,24,25). The summed E-state index contributed by atoms with van der Waals surface area (Å²) in [7, 11) is 0. The number of hydrogen-bond donors (Lipinski definition) is 2. The minimum atomic E-state index is -0.919. The molecule has 3 aromatic rings. The summed E-state index contributed by atoms with van der Waals surface area (Å²) in [5, 5.41) is 3.39. The Morgan fingerprint density at radius 2 is 1.73 bits per heavy atom. The van der Waals surface area contributed by atoms with Crippen LogP contribution in [0.15, 0.2) is 41.2 Å². The fourth-order valence-corrected chi connectivity index (χ4v) is 2.92. The van der Waals surface area contributed by atoms with Gasteiger partial charge in [-0.3, -0.25) is 9.59 Å². The van der Waals surface area contributed by atoms with Gasteiger partial charge in [0, 0.05) is 17.5 Å². The molecule has 0 fully saturated rings. The first kappa shape index (κ1) is 17.8. The summed E-state index contributed by atoms with van der Waals surface area (Å²) in [6.07, 6.45) is 0.250. The van der Waals surface area contributed by atoms with Crippen LogP contribution in [0.3, 0.4) is 0 Å². The van der Waals surface area contributed by atoms with Crippen molar-refractivity contribution in [1.82, 2.24) is 10.3 Å². The molecule has 0 unspecified atom stereocenters. The normalized spacial score (nSPS) is 10.9. The van der Waals surface area contributed by atoms with Crippen LogP contribution in [0.25, 0.3) is 10.9 Å². The monoisotopic (exact) mass is 356 g/mol. The van der Waals surface area contributed by atoms with E-state index in [1.165, 1.54) is 6.07 Å². The van der Waals surface area contributed by atoms with Gasteiger partial charge in [-0.05, 0) is 49.6 Å². The molecule has 6 heteroatoms. The zero-order valence-corrected chi connectivity index (χ0v) is 14.5. The smallest absolute Gasteiger partial charge is 0.257 e. The molecule has 0 aliphatic rings. The predicted molar refractivity (Wildman–Crippen MR) is 96.4 cm³/mol. The molecule has 0 saturated heterocycles. The number of nitrogens with one attached hydrogen (secondary N) is 2. The Balaban J connectivity index is 1.78. The van der Waals surface area contributed by atoms with Gasteiger partial charge in [-0.15, -0.1) is 0 Å². The van der Waals surface area contributed by atoms with Gasteiger partial charge >= 0.3 is 0 Å². The van der Waals surface area contributed by atoms with Crippen molar-refractivity contribution in [2.24, 2.45) is 0 Å². The minimum Gasteiger partial charge on any atom is -0.352 e. The molecule has 0 aliphatic carbocycles. The molecule has 0 spiro atoms. The number of hydrogen-bond acceptors (Lipinski definition) is 2. The zero-order valence-electron chi connectivity index (χ0n) is 14.5. The second-order valence-electron chi connectivity index (χ2n) is 6.21. The summed E-state index contributed by atoms with van der Waals surface area (Å²) in [6.45, 7) is 3.96. The van der Waals surface area contributed by atoms with Gasteiger partial charge in [0.25, 0.3) is 11.5 Å². The lowest BCUT2D eigenvalue weighted by Crippen LogP contribution is -2.29. The number of amides is 1. The van der Waals surface area contributed by atoms with Gasteiger partial charge in [-0.1, -0.05) is 18.2 Å². The van der Waals surface area contributed by atoms with Crippen molar-refractivity contribution in [3.63, 3.8) is 0 Å². The topological polar surface area (TPSA) is 62.0 Å². The molecular weight excluding hydrogens is 338 g/mol. The number of aryl methyl sites for hydroxylation is 2. The second kappa shape index (κ2) is 7.07. The summed E-state index contributed by atoms with van der Waals surface area (Å²) < 4.78 is 27.2. The Hall–Kier alpha value is -3.02. The number of fused-ring (bicyclic) bond motifs is 1. The zero-order chi connectivity index (χ0) is 18.8. The van der Waals surface area contributed by atoms with Gasteiger partial charge in [0.05, 0.1) is 5.52 Å². The fraction of sp³-hybridized carbons (Fsp3) is 0.200. The van der Waals surface area contributed by atoms with Crippen LogP contribution in [0.2, 0.25) is 0 Å². The van der Waals surface area contributed by atoms with E-state index in [-0.39, 0.29) is 18.5 Å². The van der Waals surface area contributed by atoms with Gasteiger partial charge < -0.3 is 10.3 Å². The molecule has 0 aliphatic heterocycles. The lowest BCUT2D eigenvalue weighted by Gasteiger charge is -2.09. The van der Waals surface area contributed by atoms with Gasteiger partial charge in [0.1, 0.15) is 17.2 Å². The maximum absolute atomic E-state index is 13.6. The lowest BCUT2D eigenvalue weighted by molar-refractivity contribution is 0.0945. The first-order valence-corrected chi connectivity index (χ1v) is 8.23. The third-order valence-corrected chi connectivity index (χ3v) is 4.39. The Morgan fingerprint density at radius 1 is 1.08 bits per heavy atom. The number of aromatic amines is 1. The molecule has 0 radical (unpaired) electrons. The van der Waals surface area contributed by atoms with Gasteiger partial charge in [-0.2, -0.15) is 0 Å². The molecule has 0 saturated carbocycles. The average Bonchev–Trinajstić information content (AvgIpc) is 2.59. The summed E-state index contributed by atoms with van der Waals surface area (Å²) in [5.41, 5.74) is 2.43. The highest BCUT2D eigenvalue weighted by atomic mass is 19.1. The van der Waals surface area contributed by atoms with Crippen LogP contribution in [0.4, 0.5) is 8.78 Å². The molecular formula is C20H18F2N2O2. The number of aromatic nitrogens is 1. The maximum Gasteiger partial charge on any atom is 0.257 e. The highest BCUT2D eigenvalue weighted by Crippen LogP contribution is 2.19. The number of H-pyrrole nitrogens is 1. The Bertz CT molecular complexity index is 1040. The molecule has 3 rings (SSSR count). The highest BCUT2D eigenvalue weighted by molar-refractivity contribution is 5.94. The van der Waals surface area contributed by atoms with Crippen LogP contribution in [-0.4, -0.2) is 17.4 Å². The van der Waals surface area contributed by atoms with Crippen LogP contribution in [0, 0.1) is 25.5 Å². The molecule has 0 atom stereocenters. The number of halogens is 2. The van der Waals surface area contributed by atoms with Crippen LogP contribution >= 0.6 is 0 Å². The average molecular weight is 356 g/mol. The molecule has 0 bridgehead atoms. The highest BCUT2D eigenvalue weighted by Gasteiger charge is 2.16. The number of carbonyl (C=O) groups excluding carboxylic acids is 1. The van der Waals surface area contributed by atoms with Crippen molar-refractivity contribution in [2.75, 3.05) is 6.54 Å². The van der Waals surface area contributed by atoms with Crippen LogP contribution < -0.4 is 10.9 Å². The third kappa shape index (κ3) is 3.35. The van der Waals surface area contributed by atoms with Crippen molar-refractivity contribution in [3.05, 3.63) is 80.6 Å². The molecule has 26 heavy (non-hydrogen) atoms. The van der Waals surface area contributed by atoms with Crippen LogP contribution in [0.5, 0.6) is 0 Å². The molecule has 134 valence electrons. The predicted octanol–water partition coefficient (Wildman–Crippen LogP) is 3.40. The van der Waals surface area contributed by atoms with Crippen LogP contribution in [-0.2, 0) is 6.42 Å². The summed E-state index contributed by atoms with van der Waals surface area (Å²) in [6, 6.07) is 8.96. The number of carbonyl (C=O) groups is 1. The molecule has 4 nitrogen and oxygen atoms in total. The first-order valence-electron chi connectivity index (χ1n) is 8.23. The first-order chi connectivity index (χ1) is 12.4. The fourth-order valence-electron chi connectivity index (χ4n) is 2.92. The van der Waals surface area contributed by atoms with E-state index in [0.717, 1.165) is 34.2 Å². The number of pyridine rings is 1. The maximum atomic E-state index is 13.6. The van der Waals surface area contributed by atoms with Gasteiger partial charge in [-0.25, -0.2) is 8.78 Å². The number of rotatable bonds is 4. The van der Waals surface area contributed by atoms with Crippen molar-refractivity contribution in [3.8, 4) is 0 Å². The van der Waals surface area contributed by atoms with E-state index in [4.69, 9.17) is 0 Å². The molecule has 1 aromatic heterocycles. The Kier molecular flexibility index (Phi) is 4.84. The van der Waals surface area contributed by atoms with E-state index in [0.29, 0.717) is 5.56 Å². The quantitative estimate of drug-likeness (QED) is 0.753. The van der Waals surface area contributed by atoms with E-state index in [2.05, 4.69) is 10.3 Å². The van der Waals surface area contributed by atoms with E-state index in [9.17, 15) is 18.4 Å². The second-order valence-corrected chi connectivity index (χ2v) is 6.21. The summed E-state index contributed by atoms with van der Waals surface area (Å²) in [4.78, 5) is 27.1.